The normalized spacial score (nSPS) is 14.0. The molecular formula is C8H8N4. The quantitative estimate of drug-likeness (QED) is 0.527. The summed E-state index contributed by atoms with van der Waals surface area (Å²) in [6, 6.07) is 0. The Morgan fingerprint density at radius 1 is 1.25 bits per heavy atom. The Bertz CT molecular complexity index is 433. The van der Waals surface area contributed by atoms with Crippen LogP contribution in [-0.4, -0.2) is 15.2 Å². The number of nitrogens with zero attached hydrogens (tertiary/aromatic N) is 3. The summed E-state index contributed by atoms with van der Waals surface area (Å²) in [4.78, 5) is 4.05. The fourth-order valence-corrected chi connectivity index (χ4v) is 1.05. The lowest BCUT2D eigenvalue weighted by molar-refractivity contribution is 0.928. The van der Waals surface area contributed by atoms with Gasteiger partial charge in [0.1, 0.15) is 5.35 Å². The summed E-state index contributed by atoms with van der Waals surface area (Å²) in [5.41, 5.74) is 5.39. The van der Waals surface area contributed by atoms with Gasteiger partial charge in [-0.3, -0.25) is 0 Å². The minimum absolute atomic E-state index is 0.223. The van der Waals surface area contributed by atoms with Gasteiger partial charge in [0.05, 0.1) is 5.35 Å². The molecule has 1 aromatic rings. The number of hydrogen-bond acceptors (Lipinski definition) is 4. The summed E-state index contributed by atoms with van der Waals surface area (Å²) in [7, 11) is 0. The van der Waals surface area contributed by atoms with Gasteiger partial charge in [0.25, 0.3) is 0 Å². The van der Waals surface area contributed by atoms with Crippen LogP contribution in [0, 0.1) is 0 Å². The molecule has 0 spiro atoms. The van der Waals surface area contributed by atoms with Crippen LogP contribution in [0.5, 0.6) is 0 Å². The molecule has 4 nitrogen and oxygen atoms in total. The largest absolute Gasteiger partial charge is 0.366 e. The van der Waals surface area contributed by atoms with E-state index in [0.29, 0.717) is 0 Å². The summed E-state index contributed by atoms with van der Waals surface area (Å²) >= 11 is 0. The highest BCUT2D eigenvalue weighted by molar-refractivity contribution is 5.40. The molecule has 0 unspecified atom stereocenters. The number of hydrogen-bond donors (Lipinski definition) is 1. The highest BCUT2D eigenvalue weighted by Crippen LogP contribution is 1.86. The molecule has 0 atom stereocenters. The van der Waals surface area contributed by atoms with E-state index in [1.54, 1.807) is 0 Å². The van der Waals surface area contributed by atoms with Gasteiger partial charge in [-0.2, -0.15) is 0 Å². The molecule has 1 aliphatic carbocycles. The number of aromatic nitrogens is 3. The zero-order valence-corrected chi connectivity index (χ0v) is 6.44. The molecule has 0 amide bonds. The molecule has 0 saturated heterocycles. The topological polar surface area (TPSA) is 64.7 Å². The second-order valence-electron chi connectivity index (χ2n) is 2.48. The van der Waals surface area contributed by atoms with Crippen molar-refractivity contribution >= 4 is 18.1 Å². The minimum Gasteiger partial charge on any atom is -0.366 e. The highest BCUT2D eigenvalue weighted by atomic mass is 15.2. The molecule has 4 heteroatoms. The number of rotatable bonds is 0. The summed E-state index contributed by atoms with van der Waals surface area (Å²) < 4.78 is 0. The van der Waals surface area contributed by atoms with Gasteiger partial charge in [0.15, 0.2) is 0 Å². The van der Waals surface area contributed by atoms with Gasteiger partial charge >= 0.3 is 0 Å². The van der Waals surface area contributed by atoms with Crippen LogP contribution in [0.15, 0.2) is 12.2 Å². The van der Waals surface area contributed by atoms with Crippen LogP contribution in [0.25, 0.3) is 12.2 Å². The Kier molecular flexibility index (Phi) is 1.59. The van der Waals surface area contributed by atoms with Crippen LogP contribution < -0.4 is 16.4 Å². The van der Waals surface area contributed by atoms with Crippen LogP contribution in [-0.2, 0) is 0 Å². The van der Waals surface area contributed by atoms with E-state index in [2.05, 4.69) is 15.2 Å². The maximum absolute atomic E-state index is 5.39. The summed E-state index contributed by atoms with van der Waals surface area (Å²) in [5.74, 6) is 0.223. The number of fused-ring (bicyclic) bond motifs is 1. The van der Waals surface area contributed by atoms with Gasteiger partial charge in [-0.1, -0.05) is 18.2 Å². The average molecular weight is 160 g/mol. The summed E-state index contributed by atoms with van der Waals surface area (Å²) in [6.07, 6.45) is 8.68. The van der Waals surface area contributed by atoms with Crippen LogP contribution >= 0.6 is 0 Å². The molecule has 0 aromatic carbocycles. The molecule has 12 heavy (non-hydrogen) atoms. The molecule has 1 aromatic heterocycles. The summed E-state index contributed by atoms with van der Waals surface area (Å²) in [6.45, 7) is 0. The zero-order valence-electron chi connectivity index (χ0n) is 6.44. The minimum atomic E-state index is 0.223. The highest BCUT2D eigenvalue weighted by Gasteiger charge is 1.92. The first kappa shape index (κ1) is 6.97. The second kappa shape index (κ2) is 2.73. The van der Waals surface area contributed by atoms with Crippen molar-refractivity contribution in [3.05, 3.63) is 22.9 Å². The first-order valence-electron chi connectivity index (χ1n) is 3.69. The van der Waals surface area contributed by atoms with E-state index in [-0.39, 0.29) is 5.95 Å². The van der Waals surface area contributed by atoms with Gasteiger partial charge in [-0.15, -0.1) is 10.2 Å². The van der Waals surface area contributed by atoms with Crippen LogP contribution in [0.1, 0.15) is 6.42 Å². The van der Waals surface area contributed by atoms with Crippen molar-refractivity contribution in [2.75, 3.05) is 5.73 Å². The van der Waals surface area contributed by atoms with Crippen molar-refractivity contribution in [2.24, 2.45) is 0 Å². The van der Waals surface area contributed by atoms with Gasteiger partial charge in [0, 0.05) is 0 Å². The lowest BCUT2D eigenvalue weighted by Crippen LogP contribution is -2.32. The van der Waals surface area contributed by atoms with Gasteiger partial charge in [-0.25, -0.2) is 4.98 Å². The fourth-order valence-electron chi connectivity index (χ4n) is 1.05. The smallest absolute Gasteiger partial charge is 0.240 e. The van der Waals surface area contributed by atoms with Crippen molar-refractivity contribution in [2.45, 2.75) is 6.42 Å². The molecule has 0 aliphatic heterocycles. The Balaban J connectivity index is 2.78. The molecule has 0 fully saturated rings. The SMILES string of the molecule is Nc1nnc2c(n1)=CCC=CC=2. The van der Waals surface area contributed by atoms with Crippen molar-refractivity contribution < 1.29 is 0 Å². The average Bonchev–Trinajstić information content (AvgIpc) is 2.28. The van der Waals surface area contributed by atoms with E-state index < -0.39 is 0 Å². The van der Waals surface area contributed by atoms with E-state index >= 15 is 0 Å². The third kappa shape index (κ3) is 1.18. The monoisotopic (exact) mass is 160 g/mol. The van der Waals surface area contributed by atoms with E-state index in [0.717, 1.165) is 17.1 Å². The van der Waals surface area contributed by atoms with E-state index in [1.807, 2.05) is 24.3 Å². The van der Waals surface area contributed by atoms with Gasteiger partial charge in [-0.05, 0) is 12.5 Å². The third-order valence-electron chi connectivity index (χ3n) is 1.60. The molecule has 2 rings (SSSR count). The van der Waals surface area contributed by atoms with Crippen molar-refractivity contribution in [1.29, 1.82) is 0 Å². The van der Waals surface area contributed by atoms with E-state index in [1.165, 1.54) is 0 Å². The molecule has 60 valence electrons. The van der Waals surface area contributed by atoms with Crippen molar-refractivity contribution in [3.63, 3.8) is 0 Å². The van der Waals surface area contributed by atoms with E-state index in [4.69, 9.17) is 5.73 Å². The predicted octanol–water partition coefficient (Wildman–Crippen LogP) is -1.03. The van der Waals surface area contributed by atoms with Crippen LogP contribution in [0.2, 0.25) is 0 Å². The first-order chi connectivity index (χ1) is 5.86. The van der Waals surface area contributed by atoms with Crippen molar-refractivity contribution in [1.82, 2.24) is 15.2 Å². The summed E-state index contributed by atoms with van der Waals surface area (Å²) in [5, 5.41) is 9.16. The Hall–Kier alpha value is -1.71. The van der Waals surface area contributed by atoms with E-state index in [9.17, 15) is 0 Å². The van der Waals surface area contributed by atoms with Crippen LogP contribution in [0.3, 0.4) is 0 Å². The Morgan fingerprint density at radius 3 is 3.08 bits per heavy atom. The van der Waals surface area contributed by atoms with Gasteiger partial charge in [0.2, 0.25) is 5.95 Å². The Morgan fingerprint density at radius 2 is 2.17 bits per heavy atom. The third-order valence-corrected chi connectivity index (χ3v) is 1.60. The molecule has 2 N–H and O–H groups in total. The lowest BCUT2D eigenvalue weighted by Gasteiger charge is -1.88. The molecule has 0 saturated carbocycles. The maximum Gasteiger partial charge on any atom is 0.240 e. The Labute approximate surface area is 69.1 Å². The first-order valence-corrected chi connectivity index (χ1v) is 3.69. The molecule has 1 heterocycles. The molecule has 0 radical (unpaired) electrons. The maximum atomic E-state index is 5.39. The number of allylic oxidation sites excluding steroid dienone is 2. The second-order valence-corrected chi connectivity index (χ2v) is 2.48. The van der Waals surface area contributed by atoms with Gasteiger partial charge < -0.3 is 5.73 Å². The van der Waals surface area contributed by atoms with Crippen molar-refractivity contribution in [3.8, 4) is 0 Å². The standard InChI is InChI=1S/C8H8N4/c9-8-10-6-4-2-1-3-5-7(6)11-12-8/h1,3-5H,2H2,(H2,9,10). The molecule has 1 aliphatic rings. The predicted molar refractivity (Wildman–Crippen MR) is 46.2 cm³/mol. The van der Waals surface area contributed by atoms with Crippen LogP contribution in [0.4, 0.5) is 5.95 Å². The zero-order chi connectivity index (χ0) is 8.39. The fraction of sp³-hybridized carbons (Fsp3) is 0.125. The molecular weight excluding hydrogens is 152 g/mol. The number of nitrogen functional groups attached to an aromatic ring is 1. The number of nitrogens with two attached hydrogens (primary N) is 1. The number of anilines is 1. The lowest BCUT2D eigenvalue weighted by atomic mass is 10.4. The molecule has 0 bridgehead atoms.